The van der Waals surface area contributed by atoms with Crippen LogP contribution in [0.4, 0.5) is 0 Å². The maximum Gasteiger partial charge on any atom is 0.251 e. The van der Waals surface area contributed by atoms with Crippen LogP contribution in [0, 0.1) is 6.92 Å². The molecule has 0 fully saturated rings. The molecule has 4 heteroatoms. The van der Waals surface area contributed by atoms with Crippen molar-refractivity contribution in [2.45, 2.75) is 33.2 Å². The standard InChI is InChI=1S/C20H23N3O/c1-3-23-18-8-5-4-7-17(18)22-19(23)9-6-14-21-20(24)16-12-10-15(2)11-13-16/h4-5,7-8,10-13H,3,6,9,14H2,1-2H3,(H,21,24). The van der Waals surface area contributed by atoms with Gasteiger partial charge in [-0.05, 0) is 44.5 Å². The lowest BCUT2D eigenvalue weighted by atomic mass is 10.1. The van der Waals surface area contributed by atoms with E-state index in [1.165, 1.54) is 5.52 Å². The summed E-state index contributed by atoms with van der Waals surface area (Å²) in [5.41, 5.74) is 4.09. The number of nitrogens with one attached hydrogen (secondary N) is 1. The Labute approximate surface area is 142 Å². The molecular formula is C20H23N3O. The lowest BCUT2D eigenvalue weighted by Crippen LogP contribution is -2.25. The van der Waals surface area contributed by atoms with Gasteiger partial charge in [-0.15, -0.1) is 0 Å². The van der Waals surface area contributed by atoms with E-state index < -0.39 is 0 Å². The Kier molecular flexibility index (Phi) is 4.94. The van der Waals surface area contributed by atoms with Crippen molar-refractivity contribution in [1.29, 1.82) is 0 Å². The molecule has 1 amide bonds. The molecule has 1 N–H and O–H groups in total. The fourth-order valence-corrected chi connectivity index (χ4v) is 2.92. The Balaban J connectivity index is 1.57. The van der Waals surface area contributed by atoms with Crippen LogP contribution in [0.3, 0.4) is 0 Å². The number of carbonyl (C=O) groups is 1. The van der Waals surface area contributed by atoms with E-state index in [0.717, 1.165) is 36.3 Å². The topological polar surface area (TPSA) is 46.9 Å². The Morgan fingerprint density at radius 3 is 2.62 bits per heavy atom. The minimum atomic E-state index is -0.0148. The average molecular weight is 321 g/mol. The van der Waals surface area contributed by atoms with E-state index in [1.807, 2.05) is 49.4 Å². The highest BCUT2D eigenvalue weighted by Gasteiger charge is 2.09. The van der Waals surface area contributed by atoms with Crippen molar-refractivity contribution >= 4 is 16.9 Å². The van der Waals surface area contributed by atoms with Gasteiger partial charge in [0.05, 0.1) is 11.0 Å². The van der Waals surface area contributed by atoms with Gasteiger partial charge in [0.1, 0.15) is 5.82 Å². The normalized spacial score (nSPS) is 10.9. The van der Waals surface area contributed by atoms with Crippen molar-refractivity contribution in [3.8, 4) is 0 Å². The van der Waals surface area contributed by atoms with Crippen LogP contribution in [0.2, 0.25) is 0 Å². The molecule has 0 bridgehead atoms. The van der Waals surface area contributed by atoms with E-state index in [9.17, 15) is 4.79 Å². The first kappa shape index (κ1) is 16.2. The zero-order valence-corrected chi connectivity index (χ0v) is 14.2. The molecule has 1 heterocycles. The van der Waals surface area contributed by atoms with Gasteiger partial charge < -0.3 is 9.88 Å². The number of aryl methyl sites for hydroxylation is 3. The molecule has 0 radical (unpaired) electrons. The first-order valence-corrected chi connectivity index (χ1v) is 8.48. The van der Waals surface area contributed by atoms with E-state index in [4.69, 9.17) is 4.98 Å². The number of rotatable bonds is 6. The second-order valence-electron chi connectivity index (χ2n) is 5.99. The van der Waals surface area contributed by atoms with Crippen molar-refractivity contribution in [2.75, 3.05) is 6.54 Å². The van der Waals surface area contributed by atoms with Crippen molar-refractivity contribution in [3.63, 3.8) is 0 Å². The van der Waals surface area contributed by atoms with Crippen LogP contribution < -0.4 is 5.32 Å². The quantitative estimate of drug-likeness (QED) is 0.703. The third kappa shape index (κ3) is 3.48. The molecule has 0 atom stereocenters. The van der Waals surface area contributed by atoms with Gasteiger partial charge >= 0.3 is 0 Å². The second-order valence-corrected chi connectivity index (χ2v) is 5.99. The largest absolute Gasteiger partial charge is 0.352 e. The summed E-state index contributed by atoms with van der Waals surface area (Å²) in [4.78, 5) is 16.8. The summed E-state index contributed by atoms with van der Waals surface area (Å²) in [6.07, 6.45) is 1.73. The molecule has 0 aliphatic heterocycles. The maximum atomic E-state index is 12.1. The van der Waals surface area contributed by atoms with Crippen LogP contribution in [-0.2, 0) is 13.0 Å². The third-order valence-electron chi connectivity index (χ3n) is 4.23. The van der Waals surface area contributed by atoms with Gasteiger partial charge in [-0.1, -0.05) is 29.8 Å². The van der Waals surface area contributed by atoms with Crippen molar-refractivity contribution < 1.29 is 4.79 Å². The van der Waals surface area contributed by atoms with E-state index in [-0.39, 0.29) is 5.91 Å². The van der Waals surface area contributed by atoms with Crippen LogP contribution in [-0.4, -0.2) is 22.0 Å². The summed E-state index contributed by atoms with van der Waals surface area (Å²) < 4.78 is 2.25. The smallest absolute Gasteiger partial charge is 0.251 e. The number of aromatic nitrogens is 2. The molecule has 24 heavy (non-hydrogen) atoms. The fourth-order valence-electron chi connectivity index (χ4n) is 2.92. The molecule has 0 saturated heterocycles. The van der Waals surface area contributed by atoms with Crippen LogP contribution in [0.15, 0.2) is 48.5 Å². The highest BCUT2D eigenvalue weighted by atomic mass is 16.1. The molecule has 2 aromatic carbocycles. The SMILES string of the molecule is CCn1c(CCCNC(=O)c2ccc(C)cc2)nc2ccccc21. The van der Waals surface area contributed by atoms with Crippen molar-refractivity contribution in [3.05, 3.63) is 65.5 Å². The lowest BCUT2D eigenvalue weighted by molar-refractivity contribution is 0.0953. The highest BCUT2D eigenvalue weighted by molar-refractivity contribution is 5.94. The molecule has 124 valence electrons. The number of para-hydroxylation sites is 2. The van der Waals surface area contributed by atoms with Gasteiger partial charge in [-0.25, -0.2) is 4.98 Å². The molecule has 4 nitrogen and oxygen atoms in total. The van der Waals surface area contributed by atoms with Gasteiger partial charge in [-0.3, -0.25) is 4.79 Å². The summed E-state index contributed by atoms with van der Waals surface area (Å²) in [6.45, 7) is 5.71. The van der Waals surface area contributed by atoms with Crippen molar-refractivity contribution in [2.24, 2.45) is 0 Å². The second kappa shape index (κ2) is 7.30. The zero-order chi connectivity index (χ0) is 16.9. The zero-order valence-electron chi connectivity index (χ0n) is 14.2. The van der Waals surface area contributed by atoms with Crippen LogP contribution in [0.25, 0.3) is 11.0 Å². The molecule has 0 unspecified atom stereocenters. The molecule has 3 aromatic rings. The van der Waals surface area contributed by atoms with Crippen LogP contribution in [0.1, 0.15) is 35.1 Å². The molecule has 0 aliphatic carbocycles. The number of amides is 1. The van der Waals surface area contributed by atoms with E-state index in [1.54, 1.807) is 0 Å². The van der Waals surface area contributed by atoms with Gasteiger partial charge in [-0.2, -0.15) is 0 Å². The van der Waals surface area contributed by atoms with Crippen LogP contribution >= 0.6 is 0 Å². The molecule has 0 saturated carbocycles. The third-order valence-corrected chi connectivity index (χ3v) is 4.23. The monoisotopic (exact) mass is 321 g/mol. The maximum absolute atomic E-state index is 12.1. The molecule has 1 aromatic heterocycles. The molecular weight excluding hydrogens is 298 g/mol. The van der Waals surface area contributed by atoms with Gasteiger partial charge in [0, 0.05) is 25.1 Å². The Morgan fingerprint density at radius 2 is 1.88 bits per heavy atom. The fraction of sp³-hybridized carbons (Fsp3) is 0.300. The average Bonchev–Trinajstić information content (AvgIpc) is 2.96. The Bertz CT molecular complexity index is 834. The Morgan fingerprint density at radius 1 is 1.12 bits per heavy atom. The first-order valence-electron chi connectivity index (χ1n) is 8.48. The van der Waals surface area contributed by atoms with Gasteiger partial charge in [0.25, 0.3) is 5.91 Å². The highest BCUT2D eigenvalue weighted by Crippen LogP contribution is 2.16. The molecule has 3 rings (SSSR count). The predicted molar refractivity (Wildman–Crippen MR) is 97.2 cm³/mol. The minimum Gasteiger partial charge on any atom is -0.352 e. The van der Waals surface area contributed by atoms with E-state index in [0.29, 0.717) is 12.1 Å². The molecule has 0 spiro atoms. The summed E-state index contributed by atoms with van der Waals surface area (Å²) in [6, 6.07) is 15.8. The Hall–Kier alpha value is -2.62. The number of benzene rings is 2. The van der Waals surface area contributed by atoms with Gasteiger partial charge in [0.2, 0.25) is 0 Å². The van der Waals surface area contributed by atoms with Crippen LogP contribution in [0.5, 0.6) is 0 Å². The van der Waals surface area contributed by atoms with Gasteiger partial charge in [0.15, 0.2) is 0 Å². The summed E-state index contributed by atoms with van der Waals surface area (Å²) in [5.74, 6) is 1.07. The number of fused-ring (bicyclic) bond motifs is 1. The number of hydrogen-bond acceptors (Lipinski definition) is 2. The number of hydrogen-bond donors (Lipinski definition) is 1. The van der Waals surface area contributed by atoms with Crippen molar-refractivity contribution in [1.82, 2.24) is 14.9 Å². The number of nitrogens with zero attached hydrogens (tertiary/aromatic N) is 2. The van der Waals surface area contributed by atoms with E-state index in [2.05, 4.69) is 22.9 Å². The lowest BCUT2D eigenvalue weighted by Gasteiger charge is -2.07. The first-order chi connectivity index (χ1) is 11.7. The molecule has 0 aliphatic rings. The summed E-state index contributed by atoms with van der Waals surface area (Å²) >= 11 is 0. The predicted octanol–water partition coefficient (Wildman–Crippen LogP) is 3.73. The summed E-state index contributed by atoms with van der Waals surface area (Å²) in [5, 5.41) is 2.98. The summed E-state index contributed by atoms with van der Waals surface area (Å²) in [7, 11) is 0. The number of carbonyl (C=O) groups excluding carboxylic acids is 1. The number of imidazole rings is 1. The minimum absolute atomic E-state index is 0.0148. The van der Waals surface area contributed by atoms with E-state index >= 15 is 0 Å².